The molecule has 4 atom stereocenters. The summed E-state index contributed by atoms with van der Waals surface area (Å²) in [6.07, 6.45) is 9.09. The number of carbonyl (C=O) groups is 1. The molecule has 4 unspecified atom stereocenters. The van der Waals surface area contributed by atoms with Gasteiger partial charge in [0.05, 0.1) is 19.4 Å². The number of nitrogens with zero attached hydrogens (tertiary/aromatic N) is 3. The lowest BCUT2D eigenvalue weighted by Crippen LogP contribution is -2.41. The quantitative estimate of drug-likeness (QED) is 0.850. The second-order valence-electron chi connectivity index (χ2n) is 8.01. The molecule has 1 amide bonds. The van der Waals surface area contributed by atoms with Crippen LogP contribution >= 0.6 is 0 Å². The van der Waals surface area contributed by atoms with Crippen LogP contribution in [0, 0.1) is 17.8 Å². The number of allylic oxidation sites excluding steroid dienone is 1. The topological polar surface area (TPSA) is 59.4 Å². The zero-order valence-electron chi connectivity index (χ0n) is 14.8. The number of hydrogen-bond donors (Lipinski definition) is 1. The minimum atomic E-state index is 0.0311. The Hall–Kier alpha value is -1.82. The fourth-order valence-corrected chi connectivity index (χ4v) is 5.50. The van der Waals surface area contributed by atoms with Gasteiger partial charge in [-0.05, 0) is 43.4 Å². The van der Waals surface area contributed by atoms with Crippen molar-refractivity contribution in [2.75, 3.05) is 31.2 Å². The molecule has 0 spiro atoms. The third-order valence-electron chi connectivity index (χ3n) is 6.65. The lowest BCUT2D eigenvalue weighted by molar-refractivity contribution is 0.0924. The monoisotopic (exact) mass is 342 g/mol. The molecule has 1 saturated heterocycles. The Kier molecular flexibility index (Phi) is 3.62. The van der Waals surface area contributed by atoms with E-state index in [9.17, 15) is 4.79 Å². The molecule has 6 heteroatoms. The van der Waals surface area contributed by atoms with Crippen LogP contribution in [0.15, 0.2) is 17.8 Å². The van der Waals surface area contributed by atoms with Gasteiger partial charge < -0.3 is 15.0 Å². The highest BCUT2D eigenvalue weighted by Crippen LogP contribution is 2.54. The van der Waals surface area contributed by atoms with E-state index in [2.05, 4.69) is 21.4 Å². The van der Waals surface area contributed by atoms with Crippen LogP contribution in [0.4, 0.5) is 5.82 Å². The van der Waals surface area contributed by atoms with Gasteiger partial charge in [-0.1, -0.05) is 11.6 Å². The first kappa shape index (κ1) is 15.4. The van der Waals surface area contributed by atoms with Crippen molar-refractivity contribution >= 4 is 11.7 Å². The molecule has 3 fully saturated rings. The number of carbonyl (C=O) groups excluding carboxylic acids is 1. The zero-order valence-corrected chi connectivity index (χ0v) is 14.8. The highest BCUT2D eigenvalue weighted by atomic mass is 16.5. The highest BCUT2D eigenvalue weighted by molar-refractivity contribution is 5.99. The minimum Gasteiger partial charge on any atom is -0.378 e. The molecular weight excluding hydrogens is 316 g/mol. The van der Waals surface area contributed by atoms with Gasteiger partial charge in [0, 0.05) is 26.2 Å². The number of morpholine rings is 1. The van der Waals surface area contributed by atoms with Crippen molar-refractivity contribution < 1.29 is 9.53 Å². The highest BCUT2D eigenvalue weighted by Gasteiger charge is 2.48. The summed E-state index contributed by atoms with van der Waals surface area (Å²) in [5.41, 5.74) is 2.30. The summed E-state index contributed by atoms with van der Waals surface area (Å²) in [7, 11) is 1.91. The van der Waals surface area contributed by atoms with Crippen molar-refractivity contribution in [3.63, 3.8) is 0 Å². The summed E-state index contributed by atoms with van der Waals surface area (Å²) in [6, 6.07) is 0.298. The molecule has 1 aromatic heterocycles. The van der Waals surface area contributed by atoms with Crippen LogP contribution in [0.5, 0.6) is 0 Å². The van der Waals surface area contributed by atoms with Gasteiger partial charge in [-0.2, -0.15) is 5.10 Å². The minimum absolute atomic E-state index is 0.0311. The molecule has 5 rings (SSSR count). The SMILES string of the molecule is Cn1ncc(C(=O)NC2CC3=CCC4CC3C2C4)c1N1CCOCC1. The van der Waals surface area contributed by atoms with E-state index in [4.69, 9.17) is 4.74 Å². The molecule has 1 aromatic rings. The van der Waals surface area contributed by atoms with Crippen molar-refractivity contribution in [2.24, 2.45) is 24.8 Å². The molecule has 3 aliphatic carbocycles. The van der Waals surface area contributed by atoms with E-state index >= 15 is 0 Å². The second kappa shape index (κ2) is 5.87. The first-order chi connectivity index (χ1) is 12.2. The predicted molar refractivity (Wildman–Crippen MR) is 94.5 cm³/mol. The fraction of sp³-hybridized carbons (Fsp3) is 0.684. The van der Waals surface area contributed by atoms with Crippen LogP contribution in [0.25, 0.3) is 0 Å². The van der Waals surface area contributed by atoms with Gasteiger partial charge in [0.2, 0.25) is 0 Å². The number of fused-ring (bicyclic) bond motifs is 1. The predicted octanol–water partition coefficient (Wildman–Crippen LogP) is 1.73. The largest absolute Gasteiger partial charge is 0.378 e. The number of rotatable bonds is 3. The van der Waals surface area contributed by atoms with Gasteiger partial charge in [0.15, 0.2) is 0 Å². The van der Waals surface area contributed by atoms with Crippen molar-refractivity contribution in [3.05, 3.63) is 23.4 Å². The molecule has 134 valence electrons. The van der Waals surface area contributed by atoms with Gasteiger partial charge >= 0.3 is 0 Å². The maximum absolute atomic E-state index is 13.0. The number of nitrogens with one attached hydrogen (secondary N) is 1. The first-order valence-corrected chi connectivity index (χ1v) is 9.55. The zero-order chi connectivity index (χ0) is 17.0. The second-order valence-corrected chi connectivity index (χ2v) is 8.01. The summed E-state index contributed by atoms with van der Waals surface area (Å²) < 4.78 is 7.26. The Morgan fingerprint density at radius 3 is 3.00 bits per heavy atom. The van der Waals surface area contributed by atoms with E-state index in [1.807, 2.05) is 11.7 Å². The number of amides is 1. The van der Waals surface area contributed by atoms with Gasteiger partial charge in [0.25, 0.3) is 5.91 Å². The van der Waals surface area contributed by atoms with E-state index < -0.39 is 0 Å². The average Bonchev–Trinajstić information content (AvgIpc) is 3.26. The number of aromatic nitrogens is 2. The smallest absolute Gasteiger partial charge is 0.256 e. The third kappa shape index (κ3) is 2.49. The van der Waals surface area contributed by atoms with Crippen molar-refractivity contribution in [2.45, 2.75) is 31.7 Å². The van der Waals surface area contributed by atoms with E-state index in [1.165, 1.54) is 19.3 Å². The summed E-state index contributed by atoms with van der Waals surface area (Å²) in [5.74, 6) is 3.18. The summed E-state index contributed by atoms with van der Waals surface area (Å²) in [5, 5.41) is 7.71. The summed E-state index contributed by atoms with van der Waals surface area (Å²) in [6.45, 7) is 3.02. The number of anilines is 1. The third-order valence-corrected chi connectivity index (χ3v) is 6.65. The van der Waals surface area contributed by atoms with Crippen LogP contribution in [-0.4, -0.2) is 48.0 Å². The van der Waals surface area contributed by atoms with E-state index in [0.717, 1.165) is 37.2 Å². The lowest BCUT2D eigenvalue weighted by atomic mass is 9.89. The van der Waals surface area contributed by atoms with Crippen LogP contribution in [0.2, 0.25) is 0 Å². The molecule has 0 radical (unpaired) electrons. The summed E-state index contributed by atoms with van der Waals surface area (Å²) in [4.78, 5) is 15.2. The Morgan fingerprint density at radius 1 is 1.32 bits per heavy atom. The Bertz CT molecular complexity index is 719. The van der Waals surface area contributed by atoms with Gasteiger partial charge in [-0.3, -0.25) is 9.48 Å². The number of ether oxygens (including phenoxy) is 1. The molecule has 2 bridgehead atoms. The maximum Gasteiger partial charge on any atom is 0.256 e. The fourth-order valence-electron chi connectivity index (χ4n) is 5.50. The van der Waals surface area contributed by atoms with E-state index in [0.29, 0.717) is 30.7 Å². The molecule has 1 aliphatic heterocycles. The molecule has 2 saturated carbocycles. The standard InChI is InChI=1S/C19H26N4O2/c1-22-19(23-4-6-25-7-5-23)16(11-20-22)18(24)21-17-10-13-3-2-12-8-14(13)15(17)9-12/h3,11-12,14-15,17H,2,4-10H2,1H3,(H,21,24). The number of aryl methyl sites for hydroxylation is 1. The average molecular weight is 342 g/mol. The molecule has 0 aromatic carbocycles. The normalized spacial score (nSPS) is 33.5. The van der Waals surface area contributed by atoms with Crippen molar-refractivity contribution in [1.82, 2.24) is 15.1 Å². The van der Waals surface area contributed by atoms with Crippen LogP contribution < -0.4 is 10.2 Å². The Labute approximate surface area is 148 Å². The molecule has 2 heterocycles. The molecular formula is C19H26N4O2. The lowest BCUT2D eigenvalue weighted by Gasteiger charge is -2.29. The van der Waals surface area contributed by atoms with E-state index in [1.54, 1.807) is 11.8 Å². The van der Waals surface area contributed by atoms with Crippen molar-refractivity contribution in [3.8, 4) is 0 Å². The Balaban J connectivity index is 1.35. The summed E-state index contributed by atoms with van der Waals surface area (Å²) >= 11 is 0. The molecule has 1 N–H and O–H groups in total. The Morgan fingerprint density at radius 2 is 2.16 bits per heavy atom. The van der Waals surface area contributed by atoms with Crippen LogP contribution in [0.3, 0.4) is 0 Å². The maximum atomic E-state index is 13.0. The van der Waals surface area contributed by atoms with Gasteiger partial charge in [0.1, 0.15) is 11.4 Å². The molecule has 6 nitrogen and oxygen atoms in total. The van der Waals surface area contributed by atoms with Gasteiger partial charge in [-0.15, -0.1) is 0 Å². The van der Waals surface area contributed by atoms with E-state index in [-0.39, 0.29) is 5.91 Å². The van der Waals surface area contributed by atoms with Crippen LogP contribution in [0.1, 0.15) is 36.0 Å². The van der Waals surface area contributed by atoms with Crippen molar-refractivity contribution in [1.29, 1.82) is 0 Å². The molecule has 25 heavy (non-hydrogen) atoms. The van der Waals surface area contributed by atoms with Crippen LogP contribution in [-0.2, 0) is 11.8 Å². The molecule has 4 aliphatic rings. The van der Waals surface area contributed by atoms with Gasteiger partial charge in [-0.25, -0.2) is 0 Å². The number of hydrogen-bond acceptors (Lipinski definition) is 4. The first-order valence-electron chi connectivity index (χ1n) is 9.55.